The average molecular weight is 313 g/mol. The molecule has 0 aliphatic rings. The van der Waals surface area contributed by atoms with Gasteiger partial charge in [-0.15, -0.1) is 0 Å². The van der Waals surface area contributed by atoms with Gasteiger partial charge in [0, 0.05) is 15.2 Å². The van der Waals surface area contributed by atoms with Gasteiger partial charge in [0.05, 0.1) is 11.1 Å². The molecule has 0 saturated heterocycles. The van der Waals surface area contributed by atoms with Gasteiger partial charge in [0.2, 0.25) is 0 Å². The first-order valence-corrected chi connectivity index (χ1v) is 5.45. The number of pyridine rings is 1. The Labute approximate surface area is 100 Å². The molecule has 1 aromatic heterocycles. The van der Waals surface area contributed by atoms with Gasteiger partial charge in [0.1, 0.15) is 0 Å². The van der Waals surface area contributed by atoms with Crippen LogP contribution in [-0.2, 0) is 0 Å². The summed E-state index contributed by atoms with van der Waals surface area (Å²) in [6, 6.07) is 5.47. The Hall–Kier alpha value is -1.17. The van der Waals surface area contributed by atoms with Gasteiger partial charge in [-0.25, -0.2) is 4.79 Å². The van der Waals surface area contributed by atoms with Gasteiger partial charge in [-0.1, -0.05) is 6.07 Å². The molecular weight excluding hydrogens is 305 g/mol. The van der Waals surface area contributed by atoms with Crippen molar-refractivity contribution in [2.24, 2.45) is 0 Å². The fourth-order valence-electron chi connectivity index (χ4n) is 1.57. The molecule has 2 rings (SSSR count). The zero-order valence-corrected chi connectivity index (χ0v) is 10.1. The van der Waals surface area contributed by atoms with Crippen LogP contribution < -0.4 is 0 Å². The van der Waals surface area contributed by atoms with Gasteiger partial charge >= 0.3 is 5.97 Å². The maximum atomic E-state index is 11.1. The maximum Gasteiger partial charge on any atom is 0.336 e. The summed E-state index contributed by atoms with van der Waals surface area (Å²) in [7, 11) is 0. The number of nitrogens with zero attached hydrogens (tertiary/aromatic N) is 1. The van der Waals surface area contributed by atoms with Crippen LogP contribution in [-0.4, -0.2) is 16.1 Å². The molecule has 0 atom stereocenters. The van der Waals surface area contributed by atoms with Crippen LogP contribution in [0.2, 0.25) is 0 Å². The topological polar surface area (TPSA) is 50.2 Å². The normalized spacial score (nSPS) is 10.5. The highest BCUT2D eigenvalue weighted by Crippen LogP contribution is 2.22. The van der Waals surface area contributed by atoms with E-state index in [9.17, 15) is 4.79 Å². The third-order valence-corrected chi connectivity index (χ3v) is 2.84. The molecule has 2 aromatic rings. The van der Waals surface area contributed by atoms with Crippen LogP contribution in [0.3, 0.4) is 0 Å². The van der Waals surface area contributed by atoms with Gasteiger partial charge in [0.25, 0.3) is 0 Å². The van der Waals surface area contributed by atoms with E-state index in [2.05, 4.69) is 27.6 Å². The molecule has 0 spiro atoms. The van der Waals surface area contributed by atoms with E-state index in [0.29, 0.717) is 10.9 Å². The number of carboxylic acid groups (broad SMARTS) is 1. The van der Waals surface area contributed by atoms with Crippen LogP contribution in [0, 0.1) is 10.5 Å². The SMILES string of the molecule is Cc1ccc2ncc(I)cc2c1C(=O)O. The van der Waals surface area contributed by atoms with Crippen molar-refractivity contribution in [3.8, 4) is 0 Å². The minimum atomic E-state index is -0.901. The summed E-state index contributed by atoms with van der Waals surface area (Å²) in [5, 5.41) is 9.83. The smallest absolute Gasteiger partial charge is 0.336 e. The summed E-state index contributed by atoms with van der Waals surface area (Å²) in [5.41, 5.74) is 1.83. The zero-order valence-electron chi connectivity index (χ0n) is 7.99. The van der Waals surface area contributed by atoms with Crippen molar-refractivity contribution in [2.75, 3.05) is 0 Å². The zero-order chi connectivity index (χ0) is 11.0. The first kappa shape index (κ1) is 10.4. The molecule has 1 heterocycles. The lowest BCUT2D eigenvalue weighted by atomic mass is 10.0. The molecule has 1 N–H and O–H groups in total. The lowest BCUT2D eigenvalue weighted by Crippen LogP contribution is -2.01. The van der Waals surface area contributed by atoms with Crippen LogP contribution in [0.25, 0.3) is 10.9 Å². The van der Waals surface area contributed by atoms with E-state index in [1.807, 2.05) is 12.1 Å². The van der Waals surface area contributed by atoms with E-state index < -0.39 is 5.97 Å². The van der Waals surface area contributed by atoms with Crippen molar-refractivity contribution in [1.29, 1.82) is 0 Å². The number of benzene rings is 1. The number of fused-ring (bicyclic) bond motifs is 1. The highest BCUT2D eigenvalue weighted by Gasteiger charge is 2.12. The van der Waals surface area contributed by atoms with E-state index >= 15 is 0 Å². The molecule has 76 valence electrons. The van der Waals surface area contributed by atoms with Gasteiger partial charge in [0.15, 0.2) is 0 Å². The lowest BCUT2D eigenvalue weighted by Gasteiger charge is -2.05. The summed E-state index contributed by atoms with van der Waals surface area (Å²) in [6.45, 7) is 1.79. The number of halogens is 1. The number of rotatable bonds is 1. The number of carboxylic acids is 1. The molecule has 0 aliphatic carbocycles. The van der Waals surface area contributed by atoms with Crippen LogP contribution >= 0.6 is 22.6 Å². The number of aryl methyl sites for hydroxylation is 1. The summed E-state index contributed by atoms with van der Waals surface area (Å²) in [4.78, 5) is 15.3. The van der Waals surface area contributed by atoms with Gasteiger partial charge < -0.3 is 5.11 Å². The Kier molecular flexibility index (Phi) is 2.60. The molecule has 15 heavy (non-hydrogen) atoms. The van der Waals surface area contributed by atoms with Crippen molar-refractivity contribution < 1.29 is 9.90 Å². The monoisotopic (exact) mass is 313 g/mol. The molecule has 0 amide bonds. The average Bonchev–Trinajstić information content (AvgIpc) is 2.16. The van der Waals surface area contributed by atoms with Crippen LogP contribution in [0.15, 0.2) is 24.4 Å². The van der Waals surface area contributed by atoms with Crippen LogP contribution in [0.1, 0.15) is 15.9 Å². The van der Waals surface area contributed by atoms with E-state index in [1.54, 1.807) is 19.2 Å². The fraction of sp³-hybridized carbons (Fsp3) is 0.0909. The summed E-state index contributed by atoms with van der Waals surface area (Å²) < 4.78 is 0.938. The Morgan fingerprint density at radius 3 is 2.87 bits per heavy atom. The third kappa shape index (κ3) is 1.81. The first-order valence-electron chi connectivity index (χ1n) is 4.38. The number of aromatic nitrogens is 1. The Balaban J connectivity index is 2.90. The molecule has 1 aromatic carbocycles. The fourth-order valence-corrected chi connectivity index (χ4v) is 2.02. The van der Waals surface area contributed by atoms with Gasteiger partial charge in [-0.05, 0) is 47.2 Å². The van der Waals surface area contributed by atoms with Crippen LogP contribution in [0.5, 0.6) is 0 Å². The minimum Gasteiger partial charge on any atom is -0.478 e. The minimum absolute atomic E-state index is 0.346. The molecule has 4 heteroatoms. The van der Waals surface area contributed by atoms with Crippen molar-refractivity contribution in [1.82, 2.24) is 4.98 Å². The molecule has 0 unspecified atom stereocenters. The van der Waals surface area contributed by atoms with E-state index in [-0.39, 0.29) is 0 Å². The molecule has 0 saturated carbocycles. The lowest BCUT2D eigenvalue weighted by molar-refractivity contribution is 0.0698. The van der Waals surface area contributed by atoms with E-state index in [1.165, 1.54) is 0 Å². The maximum absolute atomic E-state index is 11.1. The Morgan fingerprint density at radius 2 is 2.20 bits per heavy atom. The van der Waals surface area contributed by atoms with Gasteiger partial charge in [-0.3, -0.25) is 4.98 Å². The number of hydrogen-bond acceptors (Lipinski definition) is 2. The molecule has 0 aliphatic heterocycles. The van der Waals surface area contributed by atoms with Crippen molar-refractivity contribution in [3.63, 3.8) is 0 Å². The predicted molar refractivity (Wildman–Crippen MR) is 66.2 cm³/mol. The Bertz CT molecular complexity index is 546. The van der Waals surface area contributed by atoms with Crippen molar-refractivity contribution in [3.05, 3.63) is 39.1 Å². The largest absolute Gasteiger partial charge is 0.478 e. The second-order valence-corrected chi connectivity index (χ2v) is 4.53. The second-order valence-electron chi connectivity index (χ2n) is 3.28. The van der Waals surface area contributed by atoms with Gasteiger partial charge in [-0.2, -0.15) is 0 Å². The summed E-state index contributed by atoms with van der Waals surface area (Å²) in [6.07, 6.45) is 1.73. The van der Waals surface area contributed by atoms with E-state index in [4.69, 9.17) is 5.11 Å². The van der Waals surface area contributed by atoms with E-state index in [0.717, 1.165) is 14.7 Å². The molecular formula is C11H8INO2. The third-order valence-electron chi connectivity index (χ3n) is 2.25. The molecule has 3 nitrogen and oxygen atoms in total. The standard InChI is InChI=1S/C11H8INO2/c1-6-2-3-9-8(10(6)11(14)15)4-7(12)5-13-9/h2-5H,1H3,(H,14,15). The number of hydrogen-bond donors (Lipinski definition) is 1. The number of aromatic carboxylic acids is 1. The second kappa shape index (κ2) is 3.77. The van der Waals surface area contributed by atoms with Crippen LogP contribution in [0.4, 0.5) is 0 Å². The summed E-state index contributed by atoms with van der Waals surface area (Å²) in [5.74, 6) is -0.901. The highest BCUT2D eigenvalue weighted by molar-refractivity contribution is 14.1. The molecule has 0 fully saturated rings. The molecule has 0 radical (unpaired) electrons. The first-order chi connectivity index (χ1) is 7.09. The Morgan fingerprint density at radius 1 is 1.47 bits per heavy atom. The molecule has 0 bridgehead atoms. The van der Waals surface area contributed by atoms with Crippen molar-refractivity contribution in [2.45, 2.75) is 6.92 Å². The quantitative estimate of drug-likeness (QED) is 0.824. The van der Waals surface area contributed by atoms with Crippen molar-refractivity contribution >= 4 is 39.5 Å². The highest BCUT2D eigenvalue weighted by atomic mass is 127. The summed E-state index contributed by atoms with van der Waals surface area (Å²) >= 11 is 2.12. The number of carbonyl (C=O) groups is 1. The predicted octanol–water partition coefficient (Wildman–Crippen LogP) is 2.85.